The third-order valence-corrected chi connectivity index (χ3v) is 3.00. The van der Waals surface area contributed by atoms with Crippen LogP contribution in [0.3, 0.4) is 0 Å². The van der Waals surface area contributed by atoms with E-state index in [9.17, 15) is 4.79 Å². The minimum absolute atomic E-state index is 0.0867. The van der Waals surface area contributed by atoms with Gasteiger partial charge in [0.2, 0.25) is 0 Å². The highest BCUT2D eigenvalue weighted by Crippen LogP contribution is 2.15. The molecule has 0 unspecified atom stereocenters. The van der Waals surface area contributed by atoms with Crippen LogP contribution in [-0.4, -0.2) is 36.7 Å². The van der Waals surface area contributed by atoms with Crippen molar-refractivity contribution in [3.8, 4) is 11.8 Å². The van der Waals surface area contributed by atoms with Crippen molar-refractivity contribution in [2.75, 3.05) is 20.7 Å². The third kappa shape index (κ3) is 4.47. The molecule has 0 saturated heterocycles. The van der Waals surface area contributed by atoms with Gasteiger partial charge in [-0.1, -0.05) is 11.8 Å². The van der Waals surface area contributed by atoms with Crippen LogP contribution in [0.5, 0.6) is 0 Å². The van der Waals surface area contributed by atoms with Gasteiger partial charge in [-0.3, -0.25) is 0 Å². The molecule has 1 rings (SSSR count). The van der Waals surface area contributed by atoms with Crippen LogP contribution in [0.15, 0.2) is 11.4 Å². The topological polar surface area (TPSA) is 52.6 Å². The number of amides is 2. The molecular weight excluding hydrogens is 236 g/mol. The third-order valence-electron chi connectivity index (χ3n) is 2.08. The number of hydrogen-bond donors (Lipinski definition) is 2. The highest BCUT2D eigenvalue weighted by atomic mass is 32.1. The Morgan fingerprint density at radius 1 is 1.65 bits per heavy atom. The Morgan fingerprint density at radius 2 is 2.41 bits per heavy atom. The maximum Gasteiger partial charge on any atom is 0.317 e. The van der Waals surface area contributed by atoms with E-state index in [1.54, 1.807) is 30.3 Å². The lowest BCUT2D eigenvalue weighted by molar-refractivity contribution is 0.209. The maximum absolute atomic E-state index is 11.3. The first-order valence-corrected chi connectivity index (χ1v) is 6.15. The summed E-state index contributed by atoms with van der Waals surface area (Å²) in [5.41, 5.74) is 0.934. The van der Waals surface area contributed by atoms with Crippen molar-refractivity contribution < 1.29 is 9.90 Å². The molecule has 0 radical (unpaired) electrons. The van der Waals surface area contributed by atoms with Crippen LogP contribution >= 0.6 is 11.3 Å². The second-order valence-corrected chi connectivity index (χ2v) is 4.48. The average Bonchev–Trinajstić information content (AvgIpc) is 2.76. The molecule has 4 nitrogen and oxygen atoms in total. The summed E-state index contributed by atoms with van der Waals surface area (Å²) in [6, 6.07) is 1.86. The van der Waals surface area contributed by atoms with Crippen LogP contribution < -0.4 is 5.32 Å². The molecule has 0 aromatic carbocycles. The zero-order chi connectivity index (χ0) is 12.7. The van der Waals surface area contributed by atoms with Gasteiger partial charge in [0.05, 0.1) is 13.2 Å². The fourth-order valence-corrected chi connectivity index (χ4v) is 2.11. The Balaban J connectivity index is 2.57. The number of aliphatic hydroxyl groups excluding tert-OH is 1. The highest BCUT2D eigenvalue weighted by molar-refractivity contribution is 7.10. The molecule has 5 heteroatoms. The molecule has 0 bridgehead atoms. The summed E-state index contributed by atoms with van der Waals surface area (Å²) in [4.78, 5) is 14.0. The Bertz CT molecular complexity index is 431. The Kier molecular flexibility index (Phi) is 5.53. The molecule has 0 saturated carbocycles. The van der Waals surface area contributed by atoms with Crippen molar-refractivity contribution in [2.24, 2.45) is 0 Å². The summed E-state index contributed by atoms with van der Waals surface area (Å²) in [6.45, 7) is 0.662. The van der Waals surface area contributed by atoms with E-state index in [-0.39, 0.29) is 12.6 Å². The summed E-state index contributed by atoms with van der Waals surface area (Å²) in [6.07, 6.45) is 0.489. The number of nitrogens with zero attached hydrogens (tertiary/aromatic N) is 1. The van der Waals surface area contributed by atoms with E-state index in [4.69, 9.17) is 5.11 Å². The normalized spacial score (nSPS) is 9.35. The van der Waals surface area contributed by atoms with Crippen LogP contribution in [0.1, 0.15) is 16.9 Å². The molecule has 0 aliphatic rings. The molecule has 0 aliphatic heterocycles. The van der Waals surface area contributed by atoms with E-state index in [0.717, 1.165) is 10.4 Å². The molecule has 1 heterocycles. The average molecular weight is 252 g/mol. The molecular formula is C12H16N2O2S. The fourth-order valence-electron chi connectivity index (χ4n) is 1.25. The number of carbonyl (C=O) groups is 1. The predicted molar refractivity (Wildman–Crippen MR) is 68.8 cm³/mol. The number of hydrogen-bond acceptors (Lipinski definition) is 3. The molecule has 2 N–H and O–H groups in total. The van der Waals surface area contributed by atoms with Gasteiger partial charge in [-0.2, -0.15) is 0 Å². The lowest BCUT2D eigenvalue weighted by atomic mass is 10.3. The van der Waals surface area contributed by atoms with Gasteiger partial charge in [0, 0.05) is 36.3 Å². The van der Waals surface area contributed by atoms with Gasteiger partial charge in [0.1, 0.15) is 0 Å². The minimum Gasteiger partial charge on any atom is -0.395 e. The van der Waals surface area contributed by atoms with Gasteiger partial charge in [-0.25, -0.2) is 4.79 Å². The number of carbonyl (C=O) groups excluding carboxylic acids is 1. The number of aliphatic hydroxyl groups is 1. The zero-order valence-corrected chi connectivity index (χ0v) is 10.8. The van der Waals surface area contributed by atoms with Gasteiger partial charge in [-0.15, -0.1) is 11.3 Å². The Morgan fingerprint density at radius 3 is 3.06 bits per heavy atom. The summed E-state index contributed by atoms with van der Waals surface area (Å²) in [5.74, 6) is 5.83. The Labute approximate surface area is 105 Å². The van der Waals surface area contributed by atoms with Gasteiger partial charge < -0.3 is 15.3 Å². The quantitative estimate of drug-likeness (QED) is 0.796. The van der Waals surface area contributed by atoms with Gasteiger partial charge in [0.15, 0.2) is 0 Å². The van der Waals surface area contributed by atoms with Crippen molar-refractivity contribution in [3.63, 3.8) is 0 Å². The first kappa shape index (κ1) is 13.6. The van der Waals surface area contributed by atoms with Crippen LogP contribution in [0, 0.1) is 11.8 Å². The van der Waals surface area contributed by atoms with Crippen LogP contribution in [0.4, 0.5) is 4.79 Å². The van der Waals surface area contributed by atoms with Crippen LogP contribution in [-0.2, 0) is 6.54 Å². The van der Waals surface area contributed by atoms with E-state index >= 15 is 0 Å². The predicted octanol–water partition coefficient (Wildman–Crippen LogP) is 1.25. The van der Waals surface area contributed by atoms with Crippen molar-refractivity contribution in [1.29, 1.82) is 0 Å². The smallest absolute Gasteiger partial charge is 0.317 e. The lowest BCUT2D eigenvalue weighted by Gasteiger charge is -2.14. The first-order chi connectivity index (χ1) is 8.17. The summed E-state index contributed by atoms with van der Waals surface area (Å²) in [5, 5.41) is 13.1. The lowest BCUT2D eigenvalue weighted by Crippen LogP contribution is -2.34. The van der Waals surface area contributed by atoms with Crippen molar-refractivity contribution in [1.82, 2.24) is 10.2 Å². The maximum atomic E-state index is 11.3. The molecule has 1 aromatic heterocycles. The van der Waals surface area contributed by atoms with E-state index in [1.165, 1.54) is 0 Å². The number of urea groups is 1. The van der Waals surface area contributed by atoms with E-state index in [2.05, 4.69) is 17.2 Å². The number of thiophene rings is 1. The van der Waals surface area contributed by atoms with E-state index in [1.807, 2.05) is 11.4 Å². The zero-order valence-electron chi connectivity index (χ0n) is 9.99. The second kappa shape index (κ2) is 6.94. The largest absolute Gasteiger partial charge is 0.395 e. The van der Waals surface area contributed by atoms with Crippen molar-refractivity contribution in [2.45, 2.75) is 13.0 Å². The molecule has 1 aromatic rings. The monoisotopic (exact) mass is 252 g/mol. The van der Waals surface area contributed by atoms with E-state index < -0.39 is 0 Å². The molecule has 92 valence electrons. The van der Waals surface area contributed by atoms with Gasteiger partial charge in [0.25, 0.3) is 0 Å². The van der Waals surface area contributed by atoms with E-state index in [0.29, 0.717) is 13.0 Å². The standard InChI is InChI=1S/C12H16N2O2S/c1-13-12(16)14(2)8-11-7-10(9-17-11)5-3-4-6-15/h7,9,15H,4,6,8H2,1-2H3,(H,13,16). The molecule has 0 aliphatic carbocycles. The van der Waals surface area contributed by atoms with Crippen molar-refractivity contribution >= 4 is 17.4 Å². The Hall–Kier alpha value is -1.51. The SMILES string of the molecule is CNC(=O)N(C)Cc1cc(C#CCCO)cs1. The summed E-state index contributed by atoms with van der Waals surface area (Å²) in [7, 11) is 3.36. The number of rotatable bonds is 3. The highest BCUT2D eigenvalue weighted by Gasteiger charge is 2.07. The van der Waals surface area contributed by atoms with Crippen molar-refractivity contribution in [3.05, 3.63) is 21.9 Å². The minimum atomic E-state index is -0.105. The summed E-state index contributed by atoms with van der Waals surface area (Å²) < 4.78 is 0. The molecule has 2 amide bonds. The molecule has 0 spiro atoms. The second-order valence-electron chi connectivity index (χ2n) is 3.49. The first-order valence-electron chi connectivity index (χ1n) is 5.27. The molecule has 0 fully saturated rings. The molecule has 17 heavy (non-hydrogen) atoms. The van der Waals surface area contributed by atoms with Crippen LogP contribution in [0.25, 0.3) is 0 Å². The fraction of sp³-hybridized carbons (Fsp3) is 0.417. The summed E-state index contributed by atoms with van der Waals surface area (Å²) >= 11 is 1.58. The van der Waals surface area contributed by atoms with Gasteiger partial charge in [-0.05, 0) is 6.07 Å². The van der Waals surface area contributed by atoms with Gasteiger partial charge >= 0.3 is 6.03 Å². The molecule has 0 atom stereocenters. The van der Waals surface area contributed by atoms with Crippen LogP contribution in [0.2, 0.25) is 0 Å². The number of nitrogens with one attached hydrogen (secondary N) is 1.